The summed E-state index contributed by atoms with van der Waals surface area (Å²) in [5.41, 5.74) is 15.4. The maximum absolute atomic E-state index is 3.04. The molecule has 0 atom stereocenters. The predicted molar refractivity (Wildman–Crippen MR) is 324 cm³/mol. The van der Waals surface area contributed by atoms with Gasteiger partial charge in [0.1, 0.15) is 0 Å². The van der Waals surface area contributed by atoms with Gasteiger partial charge in [0, 0.05) is 49.4 Å². The van der Waals surface area contributed by atoms with Gasteiger partial charge in [-0.15, -0.1) is 0 Å². The van der Waals surface area contributed by atoms with Crippen molar-refractivity contribution in [2.45, 2.75) is 0 Å². The van der Waals surface area contributed by atoms with Crippen LogP contribution in [0.15, 0.2) is 297 Å². The van der Waals surface area contributed by atoms with Gasteiger partial charge in [-0.1, -0.05) is 218 Å². The van der Waals surface area contributed by atoms with Gasteiger partial charge in [0.05, 0.1) is 33.1 Å². The van der Waals surface area contributed by atoms with Gasteiger partial charge in [0.15, 0.2) is 8.07 Å². The molecule has 3 aromatic heterocycles. The number of rotatable bonds is 9. The fourth-order valence-electron chi connectivity index (χ4n) is 12.7. The van der Waals surface area contributed by atoms with Crippen molar-refractivity contribution in [2.75, 3.05) is 0 Å². The molecule has 0 unspecified atom stereocenters. The highest BCUT2D eigenvalue weighted by molar-refractivity contribution is 7.20. The van der Waals surface area contributed by atoms with Crippen LogP contribution >= 0.6 is 0 Å². The molecular weight excluding hydrogens is 935 g/mol. The summed E-state index contributed by atoms with van der Waals surface area (Å²) < 4.78 is 7.41. The third-order valence-electron chi connectivity index (χ3n) is 16.0. The molecule has 3 heterocycles. The molecule has 0 amide bonds. The summed E-state index contributed by atoms with van der Waals surface area (Å²) in [6, 6.07) is 110. The fraction of sp³-hybridized carbons (Fsp3) is 0. The Morgan fingerprint density at radius 3 is 1.17 bits per heavy atom. The average molecular weight is 984 g/mol. The van der Waals surface area contributed by atoms with Crippen LogP contribution in [-0.2, 0) is 0 Å². The first-order valence-corrected chi connectivity index (χ1v) is 28.3. The molecule has 0 saturated heterocycles. The Morgan fingerprint density at radius 1 is 0.211 bits per heavy atom. The normalized spacial score (nSPS) is 11.9. The van der Waals surface area contributed by atoms with Crippen LogP contribution in [0.5, 0.6) is 0 Å². The minimum atomic E-state index is -3.04. The van der Waals surface area contributed by atoms with Gasteiger partial charge in [-0.25, -0.2) is 0 Å². The topological polar surface area (TPSA) is 14.8 Å². The van der Waals surface area contributed by atoms with E-state index in [4.69, 9.17) is 0 Å². The number of fused-ring (bicyclic) bond motifs is 9. The third kappa shape index (κ3) is 6.74. The predicted octanol–water partition coefficient (Wildman–Crippen LogP) is 15.7. The first kappa shape index (κ1) is 43.8. The van der Waals surface area contributed by atoms with Crippen LogP contribution in [0.1, 0.15) is 0 Å². The number of hydrogen-bond donors (Lipinski definition) is 0. The van der Waals surface area contributed by atoms with Crippen molar-refractivity contribution in [3.05, 3.63) is 297 Å². The van der Waals surface area contributed by atoms with Crippen LogP contribution in [0.3, 0.4) is 0 Å². The summed E-state index contributed by atoms with van der Waals surface area (Å²) in [5.74, 6) is 0. The first-order chi connectivity index (χ1) is 37.7. The van der Waals surface area contributed by atoms with Gasteiger partial charge in [0.25, 0.3) is 0 Å². The van der Waals surface area contributed by atoms with Crippen molar-refractivity contribution >= 4 is 94.2 Å². The molecule has 0 fully saturated rings. The lowest BCUT2D eigenvalue weighted by Gasteiger charge is -2.35. The smallest absolute Gasteiger partial charge is 0.179 e. The van der Waals surface area contributed by atoms with E-state index in [1.165, 1.54) is 108 Å². The molecule has 0 spiro atoms. The minimum absolute atomic E-state index is 1.13. The second-order valence-corrected chi connectivity index (χ2v) is 23.8. The monoisotopic (exact) mass is 983 g/mol. The minimum Gasteiger partial charge on any atom is -0.309 e. The van der Waals surface area contributed by atoms with E-state index in [9.17, 15) is 0 Å². The lowest BCUT2D eigenvalue weighted by molar-refractivity contribution is 1.17. The van der Waals surface area contributed by atoms with Gasteiger partial charge >= 0.3 is 0 Å². The third-order valence-corrected chi connectivity index (χ3v) is 20.7. The van der Waals surface area contributed by atoms with Crippen LogP contribution in [-0.4, -0.2) is 21.8 Å². The molecule has 76 heavy (non-hydrogen) atoms. The lowest BCUT2D eigenvalue weighted by atomic mass is 9.96. The molecule has 0 radical (unpaired) electrons. The number of para-hydroxylation sites is 4. The van der Waals surface area contributed by atoms with E-state index in [1.807, 2.05) is 0 Å². The Morgan fingerprint density at radius 2 is 0.592 bits per heavy atom. The van der Waals surface area contributed by atoms with Crippen LogP contribution in [0.25, 0.3) is 105 Å². The van der Waals surface area contributed by atoms with E-state index in [2.05, 4.69) is 311 Å². The highest BCUT2D eigenvalue weighted by Crippen LogP contribution is 2.41. The van der Waals surface area contributed by atoms with Crippen molar-refractivity contribution in [1.29, 1.82) is 0 Å². The van der Waals surface area contributed by atoms with Gasteiger partial charge in [-0.3, -0.25) is 0 Å². The Hall–Kier alpha value is -9.74. The Labute approximate surface area is 442 Å². The zero-order chi connectivity index (χ0) is 50.2. The van der Waals surface area contributed by atoms with Crippen molar-refractivity contribution in [3.63, 3.8) is 0 Å². The van der Waals surface area contributed by atoms with Gasteiger partial charge in [-0.2, -0.15) is 0 Å². The molecule has 4 heteroatoms. The lowest BCUT2D eigenvalue weighted by Crippen LogP contribution is -2.74. The summed E-state index contributed by atoms with van der Waals surface area (Å²) in [6.07, 6.45) is 0. The summed E-state index contributed by atoms with van der Waals surface area (Å²) in [5, 5.41) is 12.8. The summed E-state index contributed by atoms with van der Waals surface area (Å²) >= 11 is 0. The maximum atomic E-state index is 2.50. The van der Waals surface area contributed by atoms with Gasteiger partial charge in [-0.05, 0) is 122 Å². The molecule has 0 aliphatic heterocycles. The Kier molecular flexibility index (Phi) is 10.2. The van der Waals surface area contributed by atoms with E-state index in [0.29, 0.717) is 0 Å². The SMILES string of the molecule is c1ccc(-c2cccc(-c3cccc4c3c3ccccc3n4-c3ccc4c(c3)c3ccccc3n4-c3cccc([Si](c4ccccc4)(c4ccccc4)c4cccc(-n5c6ccccc6c6ccccc65)c4)c3)c2)cc1. The molecule has 3 nitrogen and oxygen atoms in total. The Balaban J connectivity index is 0.924. The summed E-state index contributed by atoms with van der Waals surface area (Å²) in [7, 11) is -3.04. The average Bonchev–Trinajstić information content (AvgIpc) is 4.23. The van der Waals surface area contributed by atoms with Gasteiger partial charge in [0.2, 0.25) is 0 Å². The van der Waals surface area contributed by atoms with E-state index in [1.54, 1.807) is 0 Å². The largest absolute Gasteiger partial charge is 0.309 e. The molecule has 0 aliphatic rings. The van der Waals surface area contributed by atoms with Crippen LogP contribution in [0.2, 0.25) is 0 Å². The molecular formula is C72H49N3Si. The molecule has 356 valence electrons. The molecule has 15 rings (SSSR count). The molecule has 0 bridgehead atoms. The molecule has 15 aromatic rings. The standard InChI is InChI=1S/C72H49N3Si/c1-4-22-50(23-5-1)51-24-18-25-52(46-51)60-38-21-43-71-72(60)64-37-13-17-42-69(64)75(71)55-44-45-70-65(49-55)63-36-12-16-41-68(63)74(70)54-27-20-33-59(48-54)76(56-28-6-2-7-29-56,57-30-8-3-9-31-57)58-32-19-26-53(47-58)73-66-39-14-10-34-61(66)62-35-11-15-40-67(62)73/h1-49H. The summed E-state index contributed by atoms with van der Waals surface area (Å²) in [6.45, 7) is 0. The number of hydrogen-bond acceptors (Lipinski definition) is 0. The zero-order valence-electron chi connectivity index (χ0n) is 41.6. The molecule has 12 aromatic carbocycles. The van der Waals surface area contributed by atoms with E-state index in [0.717, 1.165) is 17.1 Å². The van der Waals surface area contributed by atoms with E-state index in [-0.39, 0.29) is 0 Å². The van der Waals surface area contributed by atoms with Crippen molar-refractivity contribution in [3.8, 4) is 39.3 Å². The number of aromatic nitrogens is 3. The number of nitrogens with zero attached hydrogens (tertiary/aromatic N) is 3. The van der Waals surface area contributed by atoms with Crippen molar-refractivity contribution in [2.24, 2.45) is 0 Å². The van der Waals surface area contributed by atoms with Crippen LogP contribution in [0, 0.1) is 0 Å². The summed E-state index contributed by atoms with van der Waals surface area (Å²) in [4.78, 5) is 0. The zero-order valence-corrected chi connectivity index (χ0v) is 42.6. The highest BCUT2D eigenvalue weighted by Gasteiger charge is 2.42. The maximum Gasteiger partial charge on any atom is 0.179 e. The van der Waals surface area contributed by atoms with Crippen LogP contribution in [0.4, 0.5) is 0 Å². The number of benzene rings is 12. The van der Waals surface area contributed by atoms with Crippen LogP contribution < -0.4 is 20.7 Å². The quantitative estimate of drug-likeness (QED) is 0.101. The Bertz CT molecular complexity index is 4610. The molecule has 0 aliphatic carbocycles. The molecule has 0 saturated carbocycles. The van der Waals surface area contributed by atoms with Crippen molar-refractivity contribution < 1.29 is 0 Å². The molecule has 0 N–H and O–H groups in total. The van der Waals surface area contributed by atoms with E-state index >= 15 is 0 Å². The van der Waals surface area contributed by atoms with Gasteiger partial charge < -0.3 is 13.7 Å². The van der Waals surface area contributed by atoms with E-state index < -0.39 is 8.07 Å². The first-order valence-electron chi connectivity index (χ1n) is 26.3. The fourth-order valence-corrected chi connectivity index (χ4v) is 17.6. The highest BCUT2D eigenvalue weighted by atomic mass is 28.3. The van der Waals surface area contributed by atoms with Crippen molar-refractivity contribution in [1.82, 2.24) is 13.7 Å². The second-order valence-electron chi connectivity index (χ2n) is 20.0. The second kappa shape index (κ2) is 17.7.